The van der Waals surface area contributed by atoms with Gasteiger partial charge in [0.1, 0.15) is 24.6 Å². The molecule has 42 heavy (non-hydrogen) atoms. The number of fused-ring (bicyclic) bond motifs is 1. The van der Waals surface area contributed by atoms with Crippen LogP contribution in [0.4, 0.5) is 10.2 Å². The van der Waals surface area contributed by atoms with Crippen LogP contribution in [0.5, 0.6) is 5.75 Å². The van der Waals surface area contributed by atoms with E-state index in [4.69, 9.17) is 21.1 Å². The van der Waals surface area contributed by atoms with E-state index >= 15 is 0 Å². The van der Waals surface area contributed by atoms with Crippen LogP contribution in [-0.4, -0.2) is 52.4 Å². The summed E-state index contributed by atoms with van der Waals surface area (Å²) < 4.78 is 26.2. The van der Waals surface area contributed by atoms with Gasteiger partial charge >= 0.3 is 5.97 Å². The normalized spacial score (nSPS) is 14.7. The highest BCUT2D eigenvalue weighted by Crippen LogP contribution is 2.31. The lowest BCUT2D eigenvalue weighted by atomic mass is 10.0. The first kappa shape index (κ1) is 28.6. The van der Waals surface area contributed by atoms with Crippen LogP contribution in [0.1, 0.15) is 38.5 Å². The molecule has 10 nitrogen and oxygen atoms in total. The van der Waals surface area contributed by atoms with Gasteiger partial charge in [-0.05, 0) is 24.1 Å². The number of esters is 1. The fourth-order valence-corrected chi connectivity index (χ4v) is 4.53. The number of nitrogens with zero attached hydrogens (tertiary/aromatic N) is 4. The van der Waals surface area contributed by atoms with E-state index in [0.717, 1.165) is 11.6 Å². The molecule has 0 saturated heterocycles. The van der Waals surface area contributed by atoms with Crippen LogP contribution in [0.3, 0.4) is 0 Å². The van der Waals surface area contributed by atoms with Gasteiger partial charge in [0.15, 0.2) is 11.6 Å². The van der Waals surface area contributed by atoms with Crippen LogP contribution in [0.25, 0.3) is 11.3 Å². The monoisotopic (exact) mass is 589 g/mol. The third-order valence-corrected chi connectivity index (χ3v) is 6.75. The molecule has 1 unspecified atom stereocenters. The summed E-state index contributed by atoms with van der Waals surface area (Å²) in [5, 5.41) is 3.06. The summed E-state index contributed by atoms with van der Waals surface area (Å²) in [6.45, 7) is 1.59. The summed E-state index contributed by atoms with van der Waals surface area (Å²) in [4.78, 5) is 53.1. The van der Waals surface area contributed by atoms with Crippen LogP contribution in [-0.2, 0) is 16.1 Å². The lowest BCUT2D eigenvalue weighted by molar-refractivity contribution is -0.119. The van der Waals surface area contributed by atoms with Crippen LogP contribution in [0, 0.1) is 12.7 Å². The lowest BCUT2D eigenvalue weighted by Gasteiger charge is -2.27. The average Bonchev–Trinajstić information content (AvgIpc) is 2.98. The molecule has 5 rings (SSSR count). The van der Waals surface area contributed by atoms with E-state index in [2.05, 4.69) is 20.3 Å². The number of hydrogen-bond donors (Lipinski definition) is 1. The van der Waals surface area contributed by atoms with E-state index in [9.17, 15) is 18.8 Å². The van der Waals surface area contributed by atoms with Crippen LogP contribution >= 0.6 is 11.6 Å². The van der Waals surface area contributed by atoms with Gasteiger partial charge in [-0.3, -0.25) is 14.5 Å². The summed E-state index contributed by atoms with van der Waals surface area (Å²) >= 11 is 6.04. The van der Waals surface area contributed by atoms with E-state index in [0.29, 0.717) is 22.2 Å². The molecule has 4 aromatic rings. The van der Waals surface area contributed by atoms with Crippen LogP contribution in [0.15, 0.2) is 67.0 Å². The molecule has 214 valence electrons. The minimum Gasteiger partial charge on any atom is -0.487 e. The first-order chi connectivity index (χ1) is 20.2. The smallest absolute Gasteiger partial charge is 0.342 e. The van der Waals surface area contributed by atoms with E-state index < -0.39 is 23.7 Å². The van der Waals surface area contributed by atoms with Gasteiger partial charge < -0.3 is 14.8 Å². The van der Waals surface area contributed by atoms with Crippen molar-refractivity contribution in [3.63, 3.8) is 0 Å². The first-order valence-electron chi connectivity index (χ1n) is 12.9. The number of ether oxygens (including phenoxy) is 2. The molecule has 0 saturated carbocycles. The molecule has 1 aliphatic heterocycles. The van der Waals surface area contributed by atoms with Crippen LogP contribution in [0.2, 0.25) is 5.02 Å². The summed E-state index contributed by atoms with van der Waals surface area (Å²) in [5.41, 5.74) is 1.26. The Morgan fingerprint density at radius 1 is 1.14 bits per heavy atom. The number of anilines is 1. The molecule has 1 atom stereocenters. The predicted molar refractivity (Wildman–Crippen MR) is 152 cm³/mol. The Morgan fingerprint density at radius 2 is 1.93 bits per heavy atom. The van der Waals surface area contributed by atoms with Crippen molar-refractivity contribution < 1.29 is 28.2 Å². The molecule has 0 aliphatic carbocycles. The largest absolute Gasteiger partial charge is 0.487 e. The number of amides is 2. The molecule has 0 bridgehead atoms. The minimum absolute atomic E-state index is 0.0413. The highest BCUT2D eigenvalue weighted by atomic mass is 35.5. The molecule has 1 N–H and O–H groups in total. The van der Waals surface area contributed by atoms with E-state index in [1.807, 2.05) is 6.07 Å². The van der Waals surface area contributed by atoms with Gasteiger partial charge in [-0.2, -0.15) is 0 Å². The van der Waals surface area contributed by atoms with Crippen LogP contribution < -0.4 is 15.0 Å². The number of carbonyl (C=O) groups excluding carboxylic acids is 3. The van der Waals surface area contributed by atoms with E-state index in [1.54, 1.807) is 38.2 Å². The van der Waals surface area contributed by atoms with Crippen molar-refractivity contribution in [2.24, 2.45) is 0 Å². The van der Waals surface area contributed by atoms with Gasteiger partial charge in [0.05, 0.1) is 23.2 Å². The number of halogens is 2. The lowest BCUT2D eigenvalue weighted by Crippen LogP contribution is -2.45. The van der Waals surface area contributed by atoms with Crippen molar-refractivity contribution >= 4 is 35.2 Å². The highest BCUT2D eigenvalue weighted by Gasteiger charge is 2.28. The number of pyridine rings is 1. The number of carbonyl (C=O) groups is 3. The number of aryl methyl sites for hydroxylation is 1. The quantitative estimate of drug-likeness (QED) is 0.325. The van der Waals surface area contributed by atoms with Crippen molar-refractivity contribution in [2.45, 2.75) is 26.0 Å². The molecule has 2 amide bonds. The molecule has 2 aromatic heterocycles. The zero-order valence-corrected chi connectivity index (χ0v) is 23.4. The third-order valence-electron chi connectivity index (χ3n) is 6.55. The van der Waals surface area contributed by atoms with E-state index in [-0.39, 0.29) is 48.2 Å². The fourth-order valence-electron chi connectivity index (χ4n) is 4.38. The van der Waals surface area contributed by atoms with Crippen molar-refractivity contribution in [2.75, 3.05) is 18.6 Å². The van der Waals surface area contributed by atoms with Gasteiger partial charge in [0.25, 0.3) is 5.91 Å². The van der Waals surface area contributed by atoms with Crippen molar-refractivity contribution in [3.05, 3.63) is 100 Å². The maximum absolute atomic E-state index is 15.0. The highest BCUT2D eigenvalue weighted by molar-refractivity contribution is 6.30. The average molecular weight is 590 g/mol. The van der Waals surface area contributed by atoms with Gasteiger partial charge in [0.2, 0.25) is 11.7 Å². The number of benzene rings is 2. The number of nitrogens with one attached hydrogen (secondary N) is 1. The Bertz CT molecular complexity index is 1670. The Labute approximate surface area is 245 Å². The minimum atomic E-state index is -0.875. The van der Waals surface area contributed by atoms with Gasteiger partial charge in [-0.15, -0.1) is 0 Å². The van der Waals surface area contributed by atoms with Gasteiger partial charge in [-0.25, -0.2) is 24.1 Å². The topological polar surface area (TPSA) is 124 Å². The number of rotatable bonds is 6. The predicted octanol–water partition coefficient (Wildman–Crippen LogP) is 4.54. The Hall–Kier alpha value is -4.90. The summed E-state index contributed by atoms with van der Waals surface area (Å²) in [6, 6.07) is 13.9. The zero-order chi connectivity index (χ0) is 29.8. The molecule has 0 spiro atoms. The van der Waals surface area contributed by atoms with Gasteiger partial charge in [-0.1, -0.05) is 54.1 Å². The first-order valence-corrected chi connectivity index (χ1v) is 13.3. The second-order valence-corrected chi connectivity index (χ2v) is 10.00. The van der Waals surface area contributed by atoms with Gasteiger partial charge in [0, 0.05) is 31.1 Å². The Morgan fingerprint density at radius 3 is 2.71 bits per heavy atom. The third kappa shape index (κ3) is 6.21. The van der Waals surface area contributed by atoms with Crippen molar-refractivity contribution in [3.8, 4) is 17.0 Å². The zero-order valence-electron chi connectivity index (χ0n) is 22.6. The number of hydrogen-bond acceptors (Lipinski definition) is 8. The SMILES string of the molecule is Cc1cnc(C(=O)NC2COc3cc(Cl)cnc3N(C)C(=O)C2)nc1-c1cccc(F)c1C(=O)OCc1ccccc1. The maximum atomic E-state index is 15.0. The molecule has 2 aromatic carbocycles. The molecule has 0 fully saturated rings. The standard InChI is InChI=1S/C30H25ClFN5O5/c1-17-13-33-27(29(39)35-20-12-24(38)37(2)28-23(41-16-20)11-19(31)14-34-28)36-26(17)21-9-6-10-22(32)25(21)30(40)42-15-18-7-4-3-5-8-18/h3-11,13-14,20H,12,15-16H2,1-2H3,(H,35,39). The molecule has 3 heterocycles. The summed E-state index contributed by atoms with van der Waals surface area (Å²) in [7, 11) is 1.55. The molecular formula is C30H25ClFN5O5. The second-order valence-electron chi connectivity index (χ2n) is 9.56. The fraction of sp³-hybridized carbons (Fsp3) is 0.200. The summed E-state index contributed by atoms with van der Waals surface area (Å²) in [6.07, 6.45) is 2.73. The maximum Gasteiger partial charge on any atom is 0.342 e. The molecule has 12 heteroatoms. The molecule has 1 aliphatic rings. The van der Waals surface area contributed by atoms with Crippen molar-refractivity contribution in [1.29, 1.82) is 0 Å². The number of aromatic nitrogens is 3. The molecular weight excluding hydrogens is 565 g/mol. The van der Waals surface area contributed by atoms with Crippen molar-refractivity contribution in [1.82, 2.24) is 20.3 Å². The summed E-state index contributed by atoms with van der Waals surface area (Å²) in [5.74, 6) is -2.29. The second kappa shape index (κ2) is 12.3. The van der Waals surface area contributed by atoms with E-state index in [1.165, 1.54) is 35.5 Å². The Kier molecular flexibility index (Phi) is 8.39. The molecule has 0 radical (unpaired) electrons. The Balaban J connectivity index is 1.37.